The number of fused-ring (bicyclic) bond motifs is 2. The lowest BCUT2D eigenvalue weighted by atomic mass is 9.47. The average Bonchev–Trinajstić information content (AvgIpc) is 3.22. The van der Waals surface area contributed by atoms with Crippen LogP contribution in [-0.4, -0.2) is 40.4 Å². The number of rotatable bonds is 8. The summed E-state index contributed by atoms with van der Waals surface area (Å²) in [7, 11) is 0. The number of aromatic nitrogens is 1. The molecule has 2 aliphatic carbocycles. The van der Waals surface area contributed by atoms with Crippen molar-refractivity contribution in [1.29, 1.82) is 0 Å². The number of carbonyl (C=O) groups excluding carboxylic acids is 1. The molecule has 1 heterocycles. The van der Waals surface area contributed by atoms with Gasteiger partial charge in [0.1, 0.15) is 11.6 Å². The Morgan fingerprint density at radius 1 is 1.31 bits per heavy atom. The van der Waals surface area contributed by atoms with Gasteiger partial charge in [-0.05, 0) is 48.3 Å². The Kier molecular flexibility index (Phi) is 7.31. The molecular weight excluding hydrogens is 472 g/mol. The summed E-state index contributed by atoms with van der Waals surface area (Å²) in [4.78, 5) is 19.0. The Balaban J connectivity index is 1.63. The van der Waals surface area contributed by atoms with Gasteiger partial charge in [0.15, 0.2) is 5.13 Å². The van der Waals surface area contributed by atoms with Crippen LogP contribution in [-0.2, 0) is 17.8 Å². The lowest BCUT2D eigenvalue weighted by molar-refractivity contribution is -0.144. The van der Waals surface area contributed by atoms with Crippen molar-refractivity contribution in [3.05, 3.63) is 58.6 Å². The van der Waals surface area contributed by atoms with E-state index in [2.05, 4.69) is 24.1 Å². The first-order valence-electron chi connectivity index (χ1n) is 12.0. The zero-order chi connectivity index (χ0) is 25.4. The fourth-order valence-corrected chi connectivity index (χ4v) is 7.13. The van der Waals surface area contributed by atoms with Crippen molar-refractivity contribution in [3.8, 4) is 0 Å². The fourth-order valence-electron chi connectivity index (χ4n) is 6.05. The molecular formula is C26H33F2N3O3S. The van der Waals surface area contributed by atoms with E-state index in [1.54, 1.807) is 6.08 Å². The van der Waals surface area contributed by atoms with Crippen molar-refractivity contribution in [2.75, 3.05) is 18.5 Å². The Labute approximate surface area is 208 Å². The molecule has 1 saturated carbocycles. The van der Waals surface area contributed by atoms with E-state index in [1.807, 2.05) is 6.92 Å². The van der Waals surface area contributed by atoms with E-state index < -0.39 is 23.2 Å². The van der Waals surface area contributed by atoms with Crippen LogP contribution in [0.3, 0.4) is 0 Å². The molecule has 1 fully saturated rings. The second-order valence-corrected chi connectivity index (χ2v) is 11.4. The van der Waals surface area contributed by atoms with Gasteiger partial charge in [0, 0.05) is 41.8 Å². The molecule has 0 radical (unpaired) electrons. The van der Waals surface area contributed by atoms with E-state index in [0.717, 1.165) is 21.8 Å². The highest BCUT2D eigenvalue weighted by atomic mass is 32.1. The van der Waals surface area contributed by atoms with E-state index in [0.29, 0.717) is 31.4 Å². The number of nitrogens with zero attached hydrogens (tertiary/aromatic N) is 1. The van der Waals surface area contributed by atoms with Crippen LogP contribution >= 0.6 is 11.3 Å². The van der Waals surface area contributed by atoms with Gasteiger partial charge in [-0.3, -0.25) is 4.79 Å². The first-order valence-corrected chi connectivity index (χ1v) is 12.8. The zero-order valence-electron chi connectivity index (χ0n) is 20.1. The van der Waals surface area contributed by atoms with Crippen LogP contribution < -0.4 is 10.6 Å². The molecule has 2 aromatic rings. The molecule has 190 valence electrons. The van der Waals surface area contributed by atoms with E-state index in [9.17, 15) is 23.8 Å². The largest absolute Gasteiger partial charge is 0.396 e. The number of halogens is 2. The van der Waals surface area contributed by atoms with Crippen LogP contribution in [0.4, 0.5) is 13.9 Å². The summed E-state index contributed by atoms with van der Waals surface area (Å²) in [5.74, 6) is -1.88. The summed E-state index contributed by atoms with van der Waals surface area (Å²) in [6.45, 7) is 8.24. The zero-order valence-corrected chi connectivity index (χ0v) is 20.9. The maximum Gasteiger partial charge on any atom is 0.220 e. The number of nitrogens with one attached hydrogen (secondary N) is 2. The van der Waals surface area contributed by atoms with Crippen LogP contribution in [0, 0.1) is 28.4 Å². The number of aliphatic hydroxyl groups excluding tert-OH is 2. The summed E-state index contributed by atoms with van der Waals surface area (Å²) in [5, 5.41) is 28.0. The van der Waals surface area contributed by atoms with Crippen LogP contribution in [0.15, 0.2) is 30.9 Å². The molecule has 4 N–H and O–H groups in total. The van der Waals surface area contributed by atoms with E-state index in [4.69, 9.17) is 4.98 Å². The summed E-state index contributed by atoms with van der Waals surface area (Å²) in [6.07, 6.45) is 3.19. The summed E-state index contributed by atoms with van der Waals surface area (Å²) >= 11 is 1.54. The smallest absolute Gasteiger partial charge is 0.220 e. The predicted octanol–water partition coefficient (Wildman–Crippen LogP) is 4.14. The molecule has 5 atom stereocenters. The number of hydrogen-bond donors (Lipinski definition) is 4. The molecule has 9 heteroatoms. The number of thiazole rings is 1. The number of anilines is 1. The highest BCUT2D eigenvalue weighted by molar-refractivity contribution is 7.15. The van der Waals surface area contributed by atoms with Crippen molar-refractivity contribution in [3.63, 3.8) is 0 Å². The standard InChI is InChI=1S/C26H33F2N3O3S/c1-4-7-29-24-31-23-18(11-22(34)30-13-15-8-16(27)10-17(28)9-15)25(2)6-5-21(33)26(3,14-32)20(25)12-19(23)35-24/h4,8-10,18,20-21,32-33H,1,5-7,11-14H2,2-3H3,(H,29,31)(H,30,34). The minimum atomic E-state index is -0.697. The number of amides is 1. The fraction of sp³-hybridized carbons (Fsp3) is 0.538. The van der Waals surface area contributed by atoms with E-state index >= 15 is 0 Å². The highest BCUT2D eigenvalue weighted by Crippen LogP contribution is 2.62. The van der Waals surface area contributed by atoms with Gasteiger partial charge in [0.2, 0.25) is 5.91 Å². The van der Waals surface area contributed by atoms with Crippen molar-refractivity contribution < 1.29 is 23.8 Å². The van der Waals surface area contributed by atoms with Crippen molar-refractivity contribution >= 4 is 22.4 Å². The normalized spacial score (nSPS) is 29.7. The van der Waals surface area contributed by atoms with Crippen molar-refractivity contribution in [2.24, 2.45) is 16.7 Å². The van der Waals surface area contributed by atoms with Gasteiger partial charge < -0.3 is 20.8 Å². The quantitative estimate of drug-likeness (QED) is 0.405. The van der Waals surface area contributed by atoms with Gasteiger partial charge in [-0.15, -0.1) is 17.9 Å². The van der Waals surface area contributed by atoms with E-state index in [-0.39, 0.29) is 42.7 Å². The highest BCUT2D eigenvalue weighted by Gasteiger charge is 2.59. The van der Waals surface area contributed by atoms with Crippen LogP contribution in [0.2, 0.25) is 0 Å². The second-order valence-electron chi connectivity index (χ2n) is 10.3. The monoisotopic (exact) mass is 505 g/mol. The molecule has 1 aromatic heterocycles. The molecule has 6 nitrogen and oxygen atoms in total. The van der Waals surface area contributed by atoms with E-state index in [1.165, 1.54) is 23.5 Å². The van der Waals surface area contributed by atoms with Gasteiger partial charge in [0.25, 0.3) is 0 Å². The maximum absolute atomic E-state index is 13.5. The van der Waals surface area contributed by atoms with Gasteiger partial charge in [-0.2, -0.15) is 0 Å². The number of benzene rings is 1. The first kappa shape index (κ1) is 25.7. The molecule has 2 aliphatic rings. The first-order chi connectivity index (χ1) is 16.6. The molecule has 1 aromatic carbocycles. The van der Waals surface area contributed by atoms with Crippen LogP contribution in [0.1, 0.15) is 55.2 Å². The average molecular weight is 506 g/mol. The minimum Gasteiger partial charge on any atom is -0.396 e. The third kappa shape index (κ3) is 4.86. The van der Waals surface area contributed by atoms with Gasteiger partial charge >= 0.3 is 0 Å². The summed E-state index contributed by atoms with van der Waals surface area (Å²) in [5.41, 5.74) is 0.166. The molecule has 0 bridgehead atoms. The SMILES string of the molecule is C=CCNc1nc2c(s1)CC1C(C)(CO)C(O)CCC1(C)C2CC(=O)NCc1cc(F)cc(F)c1. The third-order valence-corrected chi connectivity index (χ3v) is 9.14. The number of carbonyl (C=O) groups is 1. The van der Waals surface area contributed by atoms with Gasteiger partial charge in [-0.1, -0.05) is 19.9 Å². The predicted molar refractivity (Wildman–Crippen MR) is 132 cm³/mol. The lowest BCUT2D eigenvalue weighted by Crippen LogP contribution is -2.57. The second kappa shape index (κ2) is 9.95. The Bertz CT molecular complexity index is 1090. The Hall–Kier alpha value is -2.36. The van der Waals surface area contributed by atoms with Gasteiger partial charge in [-0.25, -0.2) is 13.8 Å². The molecule has 0 spiro atoms. The van der Waals surface area contributed by atoms with Crippen LogP contribution in [0.5, 0.6) is 0 Å². The topological polar surface area (TPSA) is 94.5 Å². The number of hydrogen-bond acceptors (Lipinski definition) is 6. The molecule has 4 rings (SSSR count). The molecule has 35 heavy (non-hydrogen) atoms. The third-order valence-electron chi connectivity index (χ3n) is 8.09. The maximum atomic E-state index is 13.5. The Morgan fingerprint density at radius 2 is 2.03 bits per heavy atom. The summed E-state index contributed by atoms with van der Waals surface area (Å²) in [6, 6.07) is 3.20. The van der Waals surface area contributed by atoms with Crippen molar-refractivity contribution in [1.82, 2.24) is 10.3 Å². The molecule has 0 aliphatic heterocycles. The molecule has 0 saturated heterocycles. The van der Waals surface area contributed by atoms with Gasteiger partial charge in [0.05, 0.1) is 18.4 Å². The van der Waals surface area contributed by atoms with Crippen LogP contribution in [0.25, 0.3) is 0 Å². The molecule has 5 unspecified atom stereocenters. The summed E-state index contributed by atoms with van der Waals surface area (Å²) < 4.78 is 27.1. The number of aliphatic hydroxyl groups is 2. The minimum absolute atomic E-state index is 0.0174. The molecule has 1 amide bonds. The Morgan fingerprint density at radius 3 is 2.69 bits per heavy atom. The lowest BCUT2D eigenvalue weighted by Gasteiger charge is -2.58. The van der Waals surface area contributed by atoms with Crippen molar-refractivity contribution in [2.45, 2.75) is 58.1 Å².